The van der Waals surface area contributed by atoms with Crippen LogP contribution in [-0.2, 0) is 14.3 Å². The summed E-state index contributed by atoms with van der Waals surface area (Å²) in [6.45, 7) is -1.18. The van der Waals surface area contributed by atoms with Crippen LogP contribution in [0.1, 0.15) is 9.67 Å². The fourth-order valence-electron chi connectivity index (χ4n) is 2.54. The van der Waals surface area contributed by atoms with E-state index >= 15 is 0 Å². The molecular weight excluding hydrogens is 469 g/mol. The second-order valence-corrected chi connectivity index (χ2v) is 7.92. The van der Waals surface area contributed by atoms with Gasteiger partial charge in [0.15, 0.2) is 6.61 Å². The van der Waals surface area contributed by atoms with Gasteiger partial charge in [0.25, 0.3) is 17.5 Å². The Morgan fingerprint density at radius 1 is 1.13 bits per heavy atom. The molecule has 160 valence electrons. The number of carbonyl (C=O) groups excluding carboxylic acids is 3. The lowest BCUT2D eigenvalue weighted by molar-refractivity contribution is -0.383. The molecule has 2 amide bonds. The summed E-state index contributed by atoms with van der Waals surface area (Å²) in [5, 5.41) is 16.8. The first-order valence-corrected chi connectivity index (χ1v) is 10.2. The van der Waals surface area contributed by atoms with Crippen molar-refractivity contribution in [3.63, 3.8) is 0 Å². The van der Waals surface area contributed by atoms with Gasteiger partial charge in [-0.3, -0.25) is 24.5 Å². The van der Waals surface area contributed by atoms with Crippen molar-refractivity contribution in [3.05, 3.63) is 67.5 Å². The number of benzene rings is 2. The number of esters is 1. The third kappa shape index (κ3) is 5.48. The molecular formula is C19H13Cl2N3O6S. The Labute approximate surface area is 189 Å². The molecule has 0 saturated heterocycles. The number of rotatable bonds is 7. The minimum atomic E-state index is -0.869. The molecule has 0 aliphatic rings. The van der Waals surface area contributed by atoms with Crippen LogP contribution in [0.2, 0.25) is 10.0 Å². The highest BCUT2D eigenvalue weighted by Crippen LogP contribution is 2.35. The van der Waals surface area contributed by atoms with E-state index in [0.29, 0.717) is 0 Å². The van der Waals surface area contributed by atoms with Gasteiger partial charge in [-0.25, -0.2) is 0 Å². The Balaban J connectivity index is 1.51. The molecule has 3 aromatic rings. The number of amides is 2. The summed E-state index contributed by atoms with van der Waals surface area (Å²) in [5.74, 6) is -2.21. The number of hydrogen-bond acceptors (Lipinski definition) is 7. The number of nitrogens with one attached hydrogen (secondary N) is 2. The monoisotopic (exact) mass is 481 g/mol. The van der Waals surface area contributed by atoms with Gasteiger partial charge >= 0.3 is 5.97 Å². The zero-order chi connectivity index (χ0) is 22.5. The van der Waals surface area contributed by atoms with Gasteiger partial charge < -0.3 is 15.4 Å². The van der Waals surface area contributed by atoms with Crippen LogP contribution in [-0.4, -0.2) is 35.9 Å². The molecule has 2 N–H and O–H groups in total. The summed E-state index contributed by atoms with van der Waals surface area (Å²) < 4.78 is 5.61. The molecule has 0 saturated carbocycles. The number of nitrogens with zero attached hydrogens (tertiary/aromatic N) is 1. The average molecular weight is 482 g/mol. The zero-order valence-corrected chi connectivity index (χ0v) is 17.8. The van der Waals surface area contributed by atoms with Gasteiger partial charge in [0.2, 0.25) is 0 Å². The van der Waals surface area contributed by atoms with Gasteiger partial charge in [-0.05, 0) is 18.2 Å². The number of anilines is 1. The fourth-order valence-corrected chi connectivity index (χ4v) is 4.14. The van der Waals surface area contributed by atoms with Gasteiger partial charge in [-0.1, -0.05) is 41.4 Å². The molecule has 31 heavy (non-hydrogen) atoms. The molecule has 0 unspecified atom stereocenters. The van der Waals surface area contributed by atoms with Gasteiger partial charge in [-0.2, -0.15) is 0 Å². The first-order valence-electron chi connectivity index (χ1n) is 8.61. The Bertz CT molecular complexity index is 1200. The molecule has 0 fully saturated rings. The quantitative estimate of drug-likeness (QED) is 0.297. The molecule has 1 heterocycles. The summed E-state index contributed by atoms with van der Waals surface area (Å²) in [7, 11) is 0. The number of nitro groups is 1. The molecule has 9 nitrogen and oxygen atoms in total. The normalized spacial score (nSPS) is 10.5. The molecule has 0 aliphatic carbocycles. The number of carbonyl (C=O) groups is 3. The highest BCUT2D eigenvalue weighted by Gasteiger charge is 2.19. The molecule has 0 atom stereocenters. The van der Waals surface area contributed by atoms with Crippen LogP contribution in [0.5, 0.6) is 0 Å². The Kier molecular flexibility index (Phi) is 7.06. The van der Waals surface area contributed by atoms with E-state index in [1.807, 2.05) is 12.1 Å². The lowest BCUT2D eigenvalue weighted by Gasteiger charge is -2.08. The number of nitro benzene ring substituents is 1. The predicted octanol–water partition coefficient (Wildman–Crippen LogP) is 4.03. The maximum atomic E-state index is 12.3. The first kappa shape index (κ1) is 22.5. The maximum Gasteiger partial charge on any atom is 0.325 e. The minimum Gasteiger partial charge on any atom is -0.454 e. The van der Waals surface area contributed by atoms with Gasteiger partial charge in [0.1, 0.15) is 17.1 Å². The van der Waals surface area contributed by atoms with E-state index in [0.717, 1.165) is 16.2 Å². The lowest BCUT2D eigenvalue weighted by atomic mass is 10.2. The molecule has 1 aromatic heterocycles. The van der Waals surface area contributed by atoms with Crippen LogP contribution in [0.4, 0.5) is 11.4 Å². The Hall–Kier alpha value is -3.21. The van der Waals surface area contributed by atoms with Crippen LogP contribution >= 0.6 is 34.5 Å². The van der Waals surface area contributed by atoms with E-state index in [9.17, 15) is 24.5 Å². The number of fused-ring (bicyclic) bond motifs is 1. The summed E-state index contributed by atoms with van der Waals surface area (Å²) in [6, 6.07) is 10.9. The first-order chi connectivity index (χ1) is 14.8. The van der Waals surface area contributed by atoms with E-state index in [1.54, 1.807) is 12.1 Å². The smallest absolute Gasteiger partial charge is 0.325 e. The summed E-state index contributed by atoms with van der Waals surface area (Å²) >= 11 is 13.1. The number of halogens is 2. The molecule has 0 radical (unpaired) electrons. The van der Waals surface area contributed by atoms with Gasteiger partial charge in [-0.15, -0.1) is 11.3 Å². The highest BCUT2D eigenvalue weighted by molar-refractivity contribution is 7.21. The van der Waals surface area contributed by atoms with Crippen molar-refractivity contribution in [3.8, 4) is 0 Å². The highest BCUT2D eigenvalue weighted by atomic mass is 35.5. The van der Waals surface area contributed by atoms with Gasteiger partial charge in [0, 0.05) is 21.2 Å². The van der Waals surface area contributed by atoms with E-state index in [2.05, 4.69) is 10.6 Å². The van der Waals surface area contributed by atoms with Crippen molar-refractivity contribution < 1.29 is 24.0 Å². The van der Waals surface area contributed by atoms with E-state index < -0.39 is 41.5 Å². The summed E-state index contributed by atoms with van der Waals surface area (Å²) in [6.07, 6.45) is 0. The summed E-state index contributed by atoms with van der Waals surface area (Å²) in [4.78, 5) is 46.7. The molecule has 3 rings (SSSR count). The van der Waals surface area contributed by atoms with Crippen LogP contribution in [0.3, 0.4) is 0 Å². The topological polar surface area (TPSA) is 128 Å². The second-order valence-electron chi connectivity index (χ2n) is 6.05. The van der Waals surface area contributed by atoms with Crippen molar-refractivity contribution in [2.45, 2.75) is 0 Å². The zero-order valence-electron chi connectivity index (χ0n) is 15.5. The van der Waals surface area contributed by atoms with E-state index in [4.69, 9.17) is 27.9 Å². The van der Waals surface area contributed by atoms with Crippen molar-refractivity contribution >= 4 is 73.8 Å². The number of hydrogen-bond donors (Lipinski definition) is 2. The van der Waals surface area contributed by atoms with Crippen LogP contribution in [0.15, 0.2) is 42.5 Å². The third-order valence-electron chi connectivity index (χ3n) is 3.93. The largest absolute Gasteiger partial charge is 0.454 e. The fraction of sp³-hybridized carbons (Fsp3) is 0.105. The molecule has 12 heteroatoms. The molecule has 0 aliphatic heterocycles. The van der Waals surface area contributed by atoms with E-state index in [-0.39, 0.29) is 20.6 Å². The Morgan fingerprint density at radius 3 is 2.58 bits per heavy atom. The standard InChI is InChI=1S/C19H13Cl2N3O6S/c20-10-5-6-12(13(7-10)24(28)29)23-15(25)9-30-16(26)8-22-19(27)18-17(21)11-3-1-2-4-14(11)31-18/h1-7H,8-9H2,(H,22,27)(H,23,25). The second kappa shape index (κ2) is 9.73. The molecule has 0 spiro atoms. The van der Waals surface area contributed by atoms with Crippen molar-refractivity contribution in [2.75, 3.05) is 18.5 Å². The third-order valence-corrected chi connectivity index (χ3v) is 5.84. The molecule has 2 aromatic carbocycles. The van der Waals surface area contributed by atoms with Crippen LogP contribution in [0.25, 0.3) is 10.1 Å². The van der Waals surface area contributed by atoms with E-state index in [1.165, 1.54) is 23.5 Å². The lowest BCUT2D eigenvalue weighted by Crippen LogP contribution is -2.32. The number of thiophene rings is 1. The minimum absolute atomic E-state index is 0.0943. The van der Waals surface area contributed by atoms with Gasteiger partial charge in [0.05, 0.1) is 9.95 Å². The maximum absolute atomic E-state index is 12.3. The van der Waals surface area contributed by atoms with Crippen molar-refractivity contribution in [1.29, 1.82) is 0 Å². The molecule has 0 bridgehead atoms. The van der Waals surface area contributed by atoms with Crippen LogP contribution < -0.4 is 10.6 Å². The van der Waals surface area contributed by atoms with Crippen LogP contribution in [0, 0.1) is 10.1 Å². The predicted molar refractivity (Wildman–Crippen MR) is 117 cm³/mol. The van der Waals surface area contributed by atoms with Crippen molar-refractivity contribution in [1.82, 2.24) is 5.32 Å². The number of ether oxygens (including phenoxy) is 1. The SMILES string of the molecule is O=C(COC(=O)CNC(=O)c1sc2ccccc2c1Cl)Nc1ccc(Cl)cc1[N+](=O)[O-]. The average Bonchev–Trinajstić information content (AvgIpc) is 3.08. The van der Waals surface area contributed by atoms with Crippen molar-refractivity contribution in [2.24, 2.45) is 0 Å². The summed E-state index contributed by atoms with van der Waals surface area (Å²) in [5.41, 5.74) is -0.497. The Morgan fingerprint density at radius 2 is 1.87 bits per heavy atom.